The van der Waals surface area contributed by atoms with Crippen molar-refractivity contribution in [3.8, 4) is 0 Å². The van der Waals surface area contributed by atoms with E-state index in [4.69, 9.17) is 16.7 Å². The Kier molecular flexibility index (Phi) is 5.97. The van der Waals surface area contributed by atoms with Gasteiger partial charge in [0.2, 0.25) is 0 Å². The highest BCUT2D eigenvalue weighted by Gasteiger charge is 2.34. The molecule has 2 aromatic rings. The highest BCUT2D eigenvalue weighted by atomic mass is 35.5. The van der Waals surface area contributed by atoms with Gasteiger partial charge < -0.3 is 10.4 Å². The number of halogens is 3. The van der Waals surface area contributed by atoms with Crippen molar-refractivity contribution in [2.75, 3.05) is 12.4 Å². The van der Waals surface area contributed by atoms with Crippen LogP contribution in [0.4, 0.5) is 19.3 Å². The van der Waals surface area contributed by atoms with E-state index in [-0.39, 0.29) is 39.0 Å². The molecule has 0 bridgehead atoms. The van der Waals surface area contributed by atoms with Gasteiger partial charge in [-0.05, 0) is 48.7 Å². The number of carbonyl (C=O) groups is 2. The fourth-order valence-electron chi connectivity index (χ4n) is 3.18. The zero-order chi connectivity index (χ0) is 22.2. The number of nitrogens with one attached hydrogen (secondary N) is 2. The Morgan fingerprint density at radius 2 is 1.87 bits per heavy atom. The second-order valence-electron chi connectivity index (χ2n) is 6.53. The van der Waals surface area contributed by atoms with Gasteiger partial charge in [0.1, 0.15) is 11.6 Å². The zero-order valence-electron chi connectivity index (χ0n) is 15.4. The standard InChI is InChI=1S/C18H16ClF2N3O5S/c1-24(18(26)27)30(28,29)23-15-7-4-10-11(3-6-14(21)16(10)15)17(25)22-9-2-5-13(20)12(19)8-9/h2-3,5-6,8,15,23H,4,7H2,1H3,(H,22,25)(H,26,27)/t15-/m0/s1. The van der Waals surface area contributed by atoms with Crippen LogP contribution >= 0.6 is 11.6 Å². The van der Waals surface area contributed by atoms with Gasteiger partial charge in [0.25, 0.3) is 5.91 Å². The lowest BCUT2D eigenvalue weighted by Crippen LogP contribution is -2.42. The van der Waals surface area contributed by atoms with E-state index in [1.807, 2.05) is 0 Å². The predicted octanol–water partition coefficient (Wildman–Crippen LogP) is 3.30. The molecule has 1 aliphatic carbocycles. The van der Waals surface area contributed by atoms with Crippen molar-refractivity contribution in [1.82, 2.24) is 9.03 Å². The summed E-state index contributed by atoms with van der Waals surface area (Å²) in [5.41, 5.74) is 0.608. The zero-order valence-corrected chi connectivity index (χ0v) is 17.0. The molecule has 3 N–H and O–H groups in total. The predicted molar refractivity (Wildman–Crippen MR) is 105 cm³/mol. The smallest absolute Gasteiger partial charge is 0.421 e. The molecule has 0 saturated carbocycles. The molecule has 1 aliphatic rings. The number of fused-ring (bicyclic) bond motifs is 1. The first kappa shape index (κ1) is 21.9. The molecule has 2 amide bonds. The average Bonchev–Trinajstić information content (AvgIpc) is 3.08. The van der Waals surface area contributed by atoms with Crippen LogP contribution in [0.1, 0.15) is 33.9 Å². The molecule has 0 aromatic heterocycles. The van der Waals surface area contributed by atoms with Crippen LogP contribution in [0, 0.1) is 11.6 Å². The molecule has 1 atom stereocenters. The molecular formula is C18H16ClF2N3O5S. The Balaban J connectivity index is 1.89. The second kappa shape index (κ2) is 8.17. The van der Waals surface area contributed by atoms with Crippen LogP contribution in [0.15, 0.2) is 30.3 Å². The average molecular weight is 460 g/mol. The van der Waals surface area contributed by atoms with E-state index in [2.05, 4.69) is 10.0 Å². The van der Waals surface area contributed by atoms with Crippen molar-refractivity contribution in [2.24, 2.45) is 0 Å². The maximum atomic E-state index is 14.5. The second-order valence-corrected chi connectivity index (χ2v) is 8.68. The topological polar surface area (TPSA) is 116 Å². The highest BCUT2D eigenvalue weighted by Crippen LogP contribution is 2.36. The minimum Gasteiger partial charge on any atom is -0.464 e. The Labute approximate surface area is 175 Å². The summed E-state index contributed by atoms with van der Waals surface area (Å²) in [5.74, 6) is -1.99. The SMILES string of the molecule is CN(C(=O)O)S(=O)(=O)N[C@H]1CCc2c(C(=O)Nc3ccc(F)c(Cl)c3)ccc(F)c21. The number of hydrogen-bond donors (Lipinski definition) is 3. The maximum absolute atomic E-state index is 14.5. The first-order valence-corrected chi connectivity index (χ1v) is 10.4. The highest BCUT2D eigenvalue weighted by molar-refractivity contribution is 7.87. The minimum absolute atomic E-state index is 0.0258. The third-order valence-electron chi connectivity index (χ3n) is 4.68. The first-order valence-electron chi connectivity index (χ1n) is 8.58. The Morgan fingerprint density at radius 3 is 2.50 bits per heavy atom. The molecule has 0 saturated heterocycles. The van der Waals surface area contributed by atoms with Gasteiger partial charge in [-0.3, -0.25) is 4.79 Å². The number of anilines is 1. The summed E-state index contributed by atoms with van der Waals surface area (Å²) >= 11 is 5.70. The molecule has 0 spiro atoms. The van der Waals surface area contributed by atoms with E-state index in [1.165, 1.54) is 18.2 Å². The first-order chi connectivity index (χ1) is 14.0. The van der Waals surface area contributed by atoms with Crippen LogP contribution in [0.5, 0.6) is 0 Å². The third-order valence-corrected chi connectivity index (χ3v) is 6.43. The number of benzene rings is 2. The van der Waals surface area contributed by atoms with Gasteiger partial charge in [0.15, 0.2) is 0 Å². The normalized spacial score (nSPS) is 15.5. The van der Waals surface area contributed by atoms with Gasteiger partial charge >= 0.3 is 16.3 Å². The third kappa shape index (κ3) is 4.23. The van der Waals surface area contributed by atoms with Crippen LogP contribution in [0.2, 0.25) is 5.02 Å². The summed E-state index contributed by atoms with van der Waals surface area (Å²) in [5, 5.41) is 11.2. The van der Waals surface area contributed by atoms with Crippen molar-refractivity contribution in [3.05, 3.63) is 63.7 Å². The summed E-state index contributed by atoms with van der Waals surface area (Å²) in [7, 11) is -3.58. The van der Waals surface area contributed by atoms with Crippen molar-refractivity contribution < 1.29 is 31.9 Å². The van der Waals surface area contributed by atoms with E-state index < -0.39 is 39.9 Å². The van der Waals surface area contributed by atoms with Gasteiger partial charge in [-0.15, -0.1) is 0 Å². The van der Waals surface area contributed by atoms with E-state index >= 15 is 0 Å². The van der Waals surface area contributed by atoms with Gasteiger partial charge in [0, 0.05) is 23.9 Å². The lowest BCUT2D eigenvalue weighted by Gasteiger charge is -2.20. The molecular weight excluding hydrogens is 444 g/mol. The summed E-state index contributed by atoms with van der Waals surface area (Å²) in [6.07, 6.45) is -1.39. The van der Waals surface area contributed by atoms with Gasteiger partial charge in [-0.2, -0.15) is 17.4 Å². The summed E-state index contributed by atoms with van der Waals surface area (Å²) in [4.78, 5) is 23.6. The fourth-order valence-corrected chi connectivity index (χ4v) is 4.32. The number of amides is 2. The van der Waals surface area contributed by atoms with Crippen LogP contribution < -0.4 is 10.0 Å². The van der Waals surface area contributed by atoms with Crippen molar-refractivity contribution in [1.29, 1.82) is 0 Å². The fraction of sp³-hybridized carbons (Fsp3) is 0.222. The molecule has 12 heteroatoms. The van der Waals surface area contributed by atoms with E-state index in [0.717, 1.165) is 19.2 Å². The molecule has 0 heterocycles. The molecule has 3 rings (SSSR count). The van der Waals surface area contributed by atoms with Crippen LogP contribution in [-0.4, -0.2) is 36.9 Å². The Morgan fingerprint density at radius 1 is 1.20 bits per heavy atom. The van der Waals surface area contributed by atoms with Crippen molar-refractivity contribution in [3.63, 3.8) is 0 Å². The van der Waals surface area contributed by atoms with Crippen molar-refractivity contribution >= 4 is 39.5 Å². The summed E-state index contributed by atoms with van der Waals surface area (Å²) in [6.45, 7) is 0. The molecule has 0 unspecified atom stereocenters. The molecule has 2 aromatic carbocycles. The van der Waals surface area contributed by atoms with Crippen LogP contribution in [-0.2, 0) is 16.6 Å². The number of hydrogen-bond acceptors (Lipinski definition) is 4. The van der Waals surface area contributed by atoms with E-state index in [9.17, 15) is 26.8 Å². The number of nitrogens with zero attached hydrogens (tertiary/aromatic N) is 1. The van der Waals surface area contributed by atoms with Crippen molar-refractivity contribution in [2.45, 2.75) is 18.9 Å². The largest absolute Gasteiger partial charge is 0.464 e. The molecule has 0 aliphatic heterocycles. The van der Waals surface area contributed by atoms with Gasteiger partial charge in [0.05, 0.1) is 11.1 Å². The molecule has 160 valence electrons. The minimum atomic E-state index is -4.43. The Hall–Kier alpha value is -2.76. The Bertz CT molecular complexity index is 1140. The molecule has 30 heavy (non-hydrogen) atoms. The van der Waals surface area contributed by atoms with Gasteiger partial charge in [-0.25, -0.2) is 13.6 Å². The lowest BCUT2D eigenvalue weighted by atomic mass is 10.0. The maximum Gasteiger partial charge on any atom is 0.421 e. The molecule has 0 radical (unpaired) electrons. The number of carboxylic acid groups (broad SMARTS) is 1. The quantitative estimate of drug-likeness (QED) is 0.634. The molecule has 8 nitrogen and oxygen atoms in total. The van der Waals surface area contributed by atoms with Crippen LogP contribution in [0.3, 0.4) is 0 Å². The number of carbonyl (C=O) groups excluding carboxylic acids is 1. The van der Waals surface area contributed by atoms with E-state index in [1.54, 1.807) is 0 Å². The van der Waals surface area contributed by atoms with E-state index in [0.29, 0.717) is 5.56 Å². The number of rotatable bonds is 5. The van der Waals surface area contributed by atoms with Crippen LogP contribution in [0.25, 0.3) is 0 Å². The summed E-state index contributed by atoms with van der Waals surface area (Å²) < 4.78 is 54.3. The monoisotopic (exact) mass is 459 g/mol. The van der Waals surface area contributed by atoms with Gasteiger partial charge in [-0.1, -0.05) is 11.6 Å². The lowest BCUT2D eigenvalue weighted by molar-refractivity contribution is 0.102. The summed E-state index contributed by atoms with van der Waals surface area (Å²) in [6, 6.07) is 4.85. The molecule has 0 fully saturated rings.